The molecule has 0 unspecified atom stereocenters. The Labute approximate surface area is 162 Å². The molecule has 1 aliphatic rings. The number of aromatic nitrogens is 2. The van der Waals surface area contributed by atoms with E-state index in [4.69, 9.17) is 4.65 Å². The smallest absolute Gasteiger partial charge is 0.491 e. The molecule has 0 spiro atoms. The van der Waals surface area contributed by atoms with Crippen LogP contribution in [0.4, 0.5) is 5.69 Å². The molecule has 0 amide bonds. The van der Waals surface area contributed by atoms with Gasteiger partial charge >= 0.3 is 7.12 Å². The maximum atomic E-state index is 13.0. The number of phenols is 1. The van der Waals surface area contributed by atoms with Gasteiger partial charge in [0.25, 0.3) is 0 Å². The quantitative estimate of drug-likeness (QED) is 0.455. The van der Waals surface area contributed by atoms with Gasteiger partial charge in [-0.3, -0.25) is 0 Å². The molecule has 4 N–H and O–H groups in total. The molecule has 0 aliphatic carbocycles. The Kier molecular flexibility index (Phi) is 4.84. The maximum absolute atomic E-state index is 13.0. The summed E-state index contributed by atoms with van der Waals surface area (Å²) in [5, 5.41) is 22.6. The van der Waals surface area contributed by atoms with Gasteiger partial charge in [0.15, 0.2) is 9.84 Å². The van der Waals surface area contributed by atoms with Gasteiger partial charge in [-0.1, -0.05) is 18.2 Å². The van der Waals surface area contributed by atoms with Gasteiger partial charge in [0.2, 0.25) is 0 Å². The first kappa shape index (κ1) is 18.5. The zero-order chi connectivity index (χ0) is 19.7. The standard InChI is InChI=1S/C18H18BN3O5S/c23-14-3-4-17(16(8-14)22-9-18-20-5-6-21-18)28(25,26)11-12-1-2-13-10-27-19(24)15(13)7-12/h1-8,22-24H,9-11H2,(H,20,21). The van der Waals surface area contributed by atoms with Gasteiger partial charge in [-0.15, -0.1) is 0 Å². The van der Waals surface area contributed by atoms with Crippen LogP contribution >= 0.6 is 0 Å². The number of imidazole rings is 1. The molecule has 2 aromatic carbocycles. The minimum absolute atomic E-state index is 0.0429. The number of nitrogens with zero attached hydrogens (tertiary/aromatic N) is 1. The van der Waals surface area contributed by atoms with Crippen molar-refractivity contribution in [2.24, 2.45) is 0 Å². The van der Waals surface area contributed by atoms with Crippen LogP contribution in [-0.4, -0.2) is 35.6 Å². The number of hydrogen-bond donors (Lipinski definition) is 4. The summed E-state index contributed by atoms with van der Waals surface area (Å²) in [6.07, 6.45) is 3.27. The van der Waals surface area contributed by atoms with Crippen molar-refractivity contribution in [1.82, 2.24) is 9.97 Å². The monoisotopic (exact) mass is 399 g/mol. The molecule has 0 fully saturated rings. The molecule has 28 heavy (non-hydrogen) atoms. The van der Waals surface area contributed by atoms with E-state index >= 15 is 0 Å². The maximum Gasteiger partial charge on any atom is 0.491 e. The number of phenolic OH excluding ortho intramolecular Hbond substituents is 1. The summed E-state index contributed by atoms with van der Waals surface area (Å²) in [5.74, 6) is 0.353. The van der Waals surface area contributed by atoms with Crippen molar-refractivity contribution in [3.8, 4) is 5.75 Å². The van der Waals surface area contributed by atoms with Crippen LogP contribution in [0.3, 0.4) is 0 Å². The fourth-order valence-electron chi connectivity index (χ4n) is 3.15. The summed E-state index contributed by atoms with van der Waals surface area (Å²) < 4.78 is 31.2. The lowest BCUT2D eigenvalue weighted by molar-refractivity contribution is 0.275. The number of sulfone groups is 1. The molecule has 0 bridgehead atoms. The highest BCUT2D eigenvalue weighted by Gasteiger charge is 2.28. The molecule has 0 saturated heterocycles. The molecule has 0 radical (unpaired) electrons. The number of aromatic hydroxyl groups is 1. The molecule has 0 saturated carbocycles. The Balaban J connectivity index is 1.61. The van der Waals surface area contributed by atoms with Crippen molar-refractivity contribution in [3.05, 3.63) is 65.7 Å². The van der Waals surface area contributed by atoms with E-state index in [-0.39, 0.29) is 22.9 Å². The van der Waals surface area contributed by atoms with Crippen LogP contribution in [0.5, 0.6) is 5.75 Å². The summed E-state index contributed by atoms with van der Waals surface area (Å²) in [6.45, 7) is 0.587. The number of fused-ring (bicyclic) bond motifs is 1. The van der Waals surface area contributed by atoms with Crippen LogP contribution in [0.25, 0.3) is 0 Å². The predicted octanol–water partition coefficient (Wildman–Crippen LogP) is 0.919. The minimum atomic E-state index is -3.71. The molecule has 144 valence electrons. The Hall–Kier alpha value is -2.82. The summed E-state index contributed by atoms with van der Waals surface area (Å²) in [6, 6.07) is 9.22. The van der Waals surface area contributed by atoms with Crippen LogP contribution in [-0.2, 0) is 33.4 Å². The zero-order valence-corrected chi connectivity index (χ0v) is 15.6. The lowest BCUT2D eigenvalue weighted by atomic mass is 9.79. The van der Waals surface area contributed by atoms with Crippen LogP contribution in [0.2, 0.25) is 0 Å². The Morgan fingerprint density at radius 2 is 2.11 bits per heavy atom. The molecular formula is C18H18BN3O5S. The van der Waals surface area contributed by atoms with Crippen molar-refractivity contribution in [1.29, 1.82) is 0 Å². The third-order valence-electron chi connectivity index (χ3n) is 4.53. The number of nitrogens with one attached hydrogen (secondary N) is 2. The van der Waals surface area contributed by atoms with Crippen LogP contribution < -0.4 is 10.8 Å². The second kappa shape index (κ2) is 7.31. The van der Waals surface area contributed by atoms with Crippen LogP contribution in [0, 0.1) is 0 Å². The second-order valence-corrected chi connectivity index (χ2v) is 8.48. The summed E-state index contributed by atoms with van der Waals surface area (Å²) >= 11 is 0. The summed E-state index contributed by atoms with van der Waals surface area (Å²) in [5.41, 5.74) is 2.28. The third-order valence-corrected chi connectivity index (χ3v) is 6.27. The molecular weight excluding hydrogens is 381 g/mol. The Morgan fingerprint density at radius 1 is 1.25 bits per heavy atom. The van der Waals surface area contributed by atoms with E-state index in [2.05, 4.69) is 15.3 Å². The number of H-pyrrole nitrogens is 1. The minimum Gasteiger partial charge on any atom is -0.508 e. The number of benzene rings is 2. The number of aromatic amines is 1. The summed E-state index contributed by atoms with van der Waals surface area (Å²) in [7, 11) is -4.74. The Bertz CT molecular complexity index is 1100. The first-order valence-electron chi connectivity index (χ1n) is 8.62. The third kappa shape index (κ3) is 3.75. The van der Waals surface area contributed by atoms with E-state index in [1.807, 2.05) is 0 Å². The Morgan fingerprint density at radius 3 is 2.89 bits per heavy atom. The van der Waals surface area contributed by atoms with Gasteiger partial charge < -0.3 is 25.1 Å². The molecule has 2 heterocycles. The molecule has 4 rings (SSSR count). The highest BCUT2D eigenvalue weighted by atomic mass is 32.2. The van der Waals surface area contributed by atoms with Gasteiger partial charge in [-0.2, -0.15) is 0 Å². The van der Waals surface area contributed by atoms with E-state index in [9.17, 15) is 18.5 Å². The van der Waals surface area contributed by atoms with Crippen molar-refractivity contribution >= 4 is 28.1 Å². The van der Waals surface area contributed by atoms with Crippen LogP contribution in [0.1, 0.15) is 17.0 Å². The van der Waals surface area contributed by atoms with E-state index in [0.717, 1.165) is 5.56 Å². The van der Waals surface area contributed by atoms with Gasteiger partial charge in [0.1, 0.15) is 11.6 Å². The van der Waals surface area contributed by atoms with Gasteiger partial charge in [0, 0.05) is 18.5 Å². The highest BCUT2D eigenvalue weighted by Crippen LogP contribution is 2.29. The fraction of sp³-hybridized carbons (Fsp3) is 0.167. The lowest BCUT2D eigenvalue weighted by Crippen LogP contribution is -2.28. The molecule has 3 aromatic rings. The van der Waals surface area contributed by atoms with Gasteiger partial charge in [-0.25, -0.2) is 13.4 Å². The first-order valence-corrected chi connectivity index (χ1v) is 10.3. The number of hydrogen-bond acceptors (Lipinski definition) is 7. The highest BCUT2D eigenvalue weighted by molar-refractivity contribution is 7.90. The normalized spacial score (nSPS) is 13.5. The van der Waals surface area contributed by atoms with Crippen molar-refractivity contribution in [2.75, 3.05) is 5.32 Å². The van der Waals surface area contributed by atoms with E-state index in [1.54, 1.807) is 30.6 Å². The van der Waals surface area contributed by atoms with E-state index < -0.39 is 17.0 Å². The van der Waals surface area contributed by atoms with Crippen molar-refractivity contribution in [2.45, 2.75) is 23.8 Å². The molecule has 10 heteroatoms. The average Bonchev–Trinajstić information content (AvgIpc) is 3.30. The lowest BCUT2D eigenvalue weighted by Gasteiger charge is -2.13. The molecule has 8 nitrogen and oxygen atoms in total. The summed E-state index contributed by atoms with van der Waals surface area (Å²) in [4.78, 5) is 7.09. The SMILES string of the molecule is O=S(=O)(Cc1ccc2c(c1)B(O)OC2)c1ccc(O)cc1NCc1ncc[nH]1. The predicted molar refractivity (Wildman–Crippen MR) is 104 cm³/mol. The molecule has 0 atom stereocenters. The second-order valence-electron chi connectivity index (χ2n) is 6.53. The number of rotatable bonds is 6. The number of anilines is 1. The van der Waals surface area contributed by atoms with E-state index in [0.29, 0.717) is 29.1 Å². The molecule has 1 aromatic heterocycles. The van der Waals surface area contributed by atoms with Crippen molar-refractivity contribution < 1.29 is 23.2 Å². The van der Waals surface area contributed by atoms with Gasteiger partial charge in [0.05, 0.1) is 29.5 Å². The average molecular weight is 399 g/mol. The van der Waals surface area contributed by atoms with E-state index in [1.165, 1.54) is 18.2 Å². The van der Waals surface area contributed by atoms with Crippen LogP contribution in [0.15, 0.2) is 53.7 Å². The topological polar surface area (TPSA) is 125 Å². The van der Waals surface area contributed by atoms with Crippen molar-refractivity contribution in [3.63, 3.8) is 0 Å². The van der Waals surface area contributed by atoms with Gasteiger partial charge in [-0.05, 0) is 28.7 Å². The fourth-order valence-corrected chi connectivity index (χ4v) is 4.67. The molecule has 1 aliphatic heterocycles. The zero-order valence-electron chi connectivity index (χ0n) is 14.8. The first-order chi connectivity index (χ1) is 13.4. The largest absolute Gasteiger partial charge is 0.508 e.